The Labute approximate surface area is 164 Å². The second-order valence-electron chi connectivity index (χ2n) is 8.19. The molecule has 2 heterocycles. The molecule has 0 unspecified atom stereocenters. The summed E-state index contributed by atoms with van der Waals surface area (Å²) in [6.07, 6.45) is 4.81. The van der Waals surface area contributed by atoms with Gasteiger partial charge in [-0.15, -0.1) is 0 Å². The number of nitrogens with one attached hydrogen (secondary N) is 1. The highest BCUT2D eigenvalue weighted by molar-refractivity contribution is 6.11. The van der Waals surface area contributed by atoms with E-state index < -0.39 is 5.41 Å². The van der Waals surface area contributed by atoms with Crippen LogP contribution in [0.15, 0.2) is 24.3 Å². The quantitative estimate of drug-likeness (QED) is 0.795. The van der Waals surface area contributed by atoms with Crippen LogP contribution in [0.2, 0.25) is 0 Å². The van der Waals surface area contributed by atoms with Gasteiger partial charge in [-0.2, -0.15) is 0 Å². The Morgan fingerprint density at radius 3 is 2.61 bits per heavy atom. The third kappa shape index (κ3) is 3.08. The molecule has 1 saturated carbocycles. The van der Waals surface area contributed by atoms with Crippen LogP contribution in [0.5, 0.6) is 0 Å². The molecule has 7 nitrogen and oxygen atoms in total. The van der Waals surface area contributed by atoms with E-state index in [9.17, 15) is 19.2 Å². The van der Waals surface area contributed by atoms with E-state index in [1.165, 1.54) is 0 Å². The monoisotopic (exact) mass is 383 g/mol. The third-order valence-corrected chi connectivity index (χ3v) is 6.22. The minimum atomic E-state index is -0.602. The lowest BCUT2D eigenvalue weighted by molar-refractivity contribution is -0.145. The lowest BCUT2D eigenvalue weighted by atomic mass is 9.73. The summed E-state index contributed by atoms with van der Waals surface area (Å²) in [7, 11) is 0. The SMILES string of the molecule is C[C@@H]1CC(=O)Nc2ccccc2N1C(=O)CN1C(=O)CC2(CCCCC2)C1=O. The van der Waals surface area contributed by atoms with Crippen LogP contribution in [0.1, 0.15) is 51.9 Å². The number of hydrogen-bond acceptors (Lipinski definition) is 4. The smallest absolute Gasteiger partial charge is 0.247 e. The fraction of sp³-hybridized carbons (Fsp3) is 0.524. The largest absolute Gasteiger partial charge is 0.324 e. The second kappa shape index (κ2) is 7.04. The van der Waals surface area contributed by atoms with E-state index in [-0.39, 0.29) is 49.1 Å². The van der Waals surface area contributed by atoms with Crippen molar-refractivity contribution >= 4 is 35.0 Å². The Hall–Kier alpha value is -2.70. The average Bonchev–Trinajstić information content (AvgIpc) is 2.80. The van der Waals surface area contributed by atoms with Crippen LogP contribution in [0.25, 0.3) is 0 Å². The van der Waals surface area contributed by atoms with Gasteiger partial charge in [0.25, 0.3) is 0 Å². The maximum atomic E-state index is 13.2. The zero-order chi connectivity index (χ0) is 19.9. The average molecular weight is 383 g/mol. The van der Waals surface area contributed by atoms with Crippen LogP contribution in [0, 0.1) is 5.41 Å². The molecule has 28 heavy (non-hydrogen) atoms. The predicted octanol–water partition coefficient (Wildman–Crippen LogP) is 2.46. The van der Waals surface area contributed by atoms with E-state index in [1.54, 1.807) is 36.1 Å². The molecule has 3 aliphatic rings. The number of anilines is 2. The molecule has 0 bridgehead atoms. The number of imide groups is 1. The lowest BCUT2D eigenvalue weighted by Crippen LogP contribution is -2.47. The molecule has 4 amide bonds. The van der Waals surface area contributed by atoms with E-state index in [2.05, 4.69) is 5.32 Å². The first-order chi connectivity index (χ1) is 13.4. The van der Waals surface area contributed by atoms with Crippen LogP contribution in [-0.4, -0.2) is 41.1 Å². The van der Waals surface area contributed by atoms with Crippen molar-refractivity contribution in [3.63, 3.8) is 0 Å². The van der Waals surface area contributed by atoms with E-state index in [0.29, 0.717) is 11.4 Å². The van der Waals surface area contributed by atoms with Crippen molar-refractivity contribution in [1.29, 1.82) is 0 Å². The molecule has 4 rings (SSSR count). The van der Waals surface area contributed by atoms with E-state index in [1.807, 2.05) is 0 Å². The van der Waals surface area contributed by atoms with Gasteiger partial charge in [0.05, 0.1) is 16.8 Å². The van der Waals surface area contributed by atoms with Gasteiger partial charge in [0.15, 0.2) is 0 Å². The minimum Gasteiger partial charge on any atom is -0.324 e. The summed E-state index contributed by atoms with van der Waals surface area (Å²) in [5.74, 6) is -0.962. The van der Waals surface area contributed by atoms with Crippen molar-refractivity contribution in [2.45, 2.75) is 57.9 Å². The van der Waals surface area contributed by atoms with Gasteiger partial charge in [-0.25, -0.2) is 0 Å². The number of hydrogen-bond donors (Lipinski definition) is 1. The zero-order valence-corrected chi connectivity index (χ0v) is 16.1. The van der Waals surface area contributed by atoms with Crippen LogP contribution < -0.4 is 10.2 Å². The molecular weight excluding hydrogens is 358 g/mol. The van der Waals surface area contributed by atoms with Gasteiger partial charge in [0.2, 0.25) is 23.6 Å². The molecule has 2 fully saturated rings. The van der Waals surface area contributed by atoms with Crippen molar-refractivity contribution in [3.05, 3.63) is 24.3 Å². The van der Waals surface area contributed by atoms with Crippen molar-refractivity contribution in [3.8, 4) is 0 Å². The molecule has 2 aliphatic heterocycles. The molecule has 1 spiro atoms. The van der Waals surface area contributed by atoms with Crippen LogP contribution in [-0.2, 0) is 19.2 Å². The summed E-state index contributed by atoms with van der Waals surface area (Å²) in [4.78, 5) is 53.6. The van der Waals surface area contributed by atoms with Crippen molar-refractivity contribution in [2.24, 2.45) is 5.41 Å². The molecule has 148 valence electrons. The van der Waals surface area contributed by atoms with Gasteiger partial charge >= 0.3 is 0 Å². The van der Waals surface area contributed by atoms with Gasteiger partial charge in [-0.1, -0.05) is 31.4 Å². The number of carbonyl (C=O) groups is 4. The number of carbonyl (C=O) groups excluding carboxylic acids is 4. The summed E-state index contributed by atoms with van der Waals surface area (Å²) >= 11 is 0. The van der Waals surface area contributed by atoms with Gasteiger partial charge < -0.3 is 10.2 Å². The number of benzene rings is 1. The van der Waals surface area contributed by atoms with Crippen molar-refractivity contribution in [2.75, 3.05) is 16.8 Å². The summed E-state index contributed by atoms with van der Waals surface area (Å²) in [6, 6.07) is 6.73. The Balaban J connectivity index is 1.59. The number of amides is 4. The Morgan fingerprint density at radius 1 is 1.14 bits per heavy atom. The first-order valence-electron chi connectivity index (χ1n) is 9.97. The fourth-order valence-corrected chi connectivity index (χ4v) is 4.82. The molecule has 1 N–H and O–H groups in total. The van der Waals surface area contributed by atoms with Gasteiger partial charge in [0, 0.05) is 18.9 Å². The summed E-state index contributed by atoms with van der Waals surface area (Å²) in [6.45, 7) is 1.53. The predicted molar refractivity (Wildman–Crippen MR) is 103 cm³/mol. The van der Waals surface area contributed by atoms with E-state index in [0.717, 1.165) is 37.0 Å². The van der Waals surface area contributed by atoms with Crippen molar-refractivity contribution < 1.29 is 19.2 Å². The summed E-state index contributed by atoms with van der Waals surface area (Å²) < 4.78 is 0. The lowest BCUT2D eigenvalue weighted by Gasteiger charge is -2.32. The first-order valence-corrected chi connectivity index (χ1v) is 9.97. The molecule has 0 aromatic heterocycles. The van der Waals surface area contributed by atoms with Crippen LogP contribution in [0.3, 0.4) is 0 Å². The van der Waals surface area contributed by atoms with Gasteiger partial charge in [-0.05, 0) is 31.9 Å². The molecule has 0 radical (unpaired) electrons. The number of nitrogens with zero attached hydrogens (tertiary/aromatic N) is 2. The summed E-state index contributed by atoms with van der Waals surface area (Å²) in [5.41, 5.74) is 0.556. The van der Waals surface area contributed by atoms with Crippen molar-refractivity contribution in [1.82, 2.24) is 4.90 Å². The molecule has 1 atom stereocenters. The van der Waals surface area contributed by atoms with Gasteiger partial charge in [-0.3, -0.25) is 24.1 Å². The molecule has 7 heteroatoms. The fourth-order valence-electron chi connectivity index (χ4n) is 4.82. The molecule has 1 aromatic rings. The highest BCUT2D eigenvalue weighted by Gasteiger charge is 2.52. The van der Waals surface area contributed by atoms with Crippen LogP contribution >= 0.6 is 0 Å². The molecule has 1 saturated heterocycles. The number of likely N-dealkylation sites (tertiary alicyclic amines) is 1. The maximum absolute atomic E-state index is 13.2. The minimum absolute atomic E-state index is 0.159. The third-order valence-electron chi connectivity index (χ3n) is 6.22. The molecular formula is C21H25N3O4. The topological polar surface area (TPSA) is 86.8 Å². The second-order valence-corrected chi connectivity index (χ2v) is 8.19. The number of para-hydroxylation sites is 2. The first kappa shape index (κ1) is 18.7. The standard InChI is InChI=1S/C21H25N3O4/c1-14-11-17(25)22-15-7-3-4-8-16(15)24(14)19(27)13-23-18(26)12-21(20(23)28)9-5-2-6-10-21/h3-4,7-8,14H,2,5-6,9-13H2,1H3,(H,22,25)/t14-/m1/s1. The van der Waals surface area contributed by atoms with Gasteiger partial charge in [0.1, 0.15) is 6.54 Å². The Morgan fingerprint density at radius 2 is 1.86 bits per heavy atom. The normalized spacial score (nSPS) is 24.2. The zero-order valence-electron chi connectivity index (χ0n) is 16.1. The van der Waals surface area contributed by atoms with E-state index in [4.69, 9.17) is 0 Å². The van der Waals surface area contributed by atoms with E-state index >= 15 is 0 Å². The highest BCUT2D eigenvalue weighted by Crippen LogP contribution is 2.45. The summed E-state index contributed by atoms with van der Waals surface area (Å²) in [5, 5.41) is 2.82. The molecule has 1 aliphatic carbocycles. The van der Waals surface area contributed by atoms with Crippen LogP contribution in [0.4, 0.5) is 11.4 Å². The number of fused-ring (bicyclic) bond motifs is 1. The number of rotatable bonds is 2. The molecule has 1 aromatic carbocycles. The Bertz CT molecular complexity index is 844. The Kier molecular flexibility index (Phi) is 4.69. The highest BCUT2D eigenvalue weighted by atomic mass is 16.2. The maximum Gasteiger partial charge on any atom is 0.247 e.